The Morgan fingerprint density at radius 3 is 3.06 bits per heavy atom. The quantitative estimate of drug-likeness (QED) is 0.448. The Balaban J connectivity index is 2.30. The summed E-state index contributed by atoms with van der Waals surface area (Å²) in [6.45, 7) is 2.14. The predicted molar refractivity (Wildman–Crippen MR) is 61.9 cm³/mol. The third-order valence-electron chi connectivity index (χ3n) is 2.38. The topological polar surface area (TPSA) is 52.8 Å². The molecule has 0 amide bonds. The second-order valence-electron chi connectivity index (χ2n) is 3.70. The van der Waals surface area contributed by atoms with E-state index in [1.54, 1.807) is 30.7 Å². The van der Waals surface area contributed by atoms with Gasteiger partial charge in [-0.1, -0.05) is 0 Å². The number of hydrogen-bond donors (Lipinski definition) is 0. The zero-order chi connectivity index (χ0) is 12.3. The van der Waals surface area contributed by atoms with Crippen LogP contribution in [0.25, 0.3) is 5.52 Å². The van der Waals surface area contributed by atoms with Crippen LogP contribution in [0.1, 0.15) is 23.0 Å². The van der Waals surface area contributed by atoms with Crippen LogP contribution in [0, 0.1) is 0 Å². The molecule has 2 aromatic rings. The minimum Gasteiger partial charge on any atom is -0.359 e. The number of ether oxygens (including phenoxy) is 2. The molecule has 17 heavy (non-hydrogen) atoms. The zero-order valence-corrected chi connectivity index (χ0v) is 9.84. The van der Waals surface area contributed by atoms with Crippen LogP contribution < -0.4 is 0 Å². The maximum Gasteiger partial charge on any atom is 0.161 e. The Hall–Kier alpha value is -1.72. The van der Waals surface area contributed by atoms with Crippen molar-refractivity contribution in [3.8, 4) is 0 Å². The fourth-order valence-electron chi connectivity index (χ4n) is 1.66. The van der Waals surface area contributed by atoms with Crippen LogP contribution in [0.3, 0.4) is 0 Å². The maximum atomic E-state index is 11.4. The van der Waals surface area contributed by atoms with Gasteiger partial charge < -0.3 is 9.47 Å². The number of hydrogen-bond acceptors (Lipinski definition) is 4. The minimum absolute atomic E-state index is 0.0276. The Labute approximate surface area is 99.0 Å². The Bertz CT molecular complexity index is 534. The van der Waals surface area contributed by atoms with Gasteiger partial charge in [0.25, 0.3) is 0 Å². The molecule has 0 fully saturated rings. The molecule has 2 heterocycles. The molecule has 0 aliphatic carbocycles. The fourth-order valence-corrected chi connectivity index (χ4v) is 1.66. The Kier molecular flexibility index (Phi) is 3.51. The van der Waals surface area contributed by atoms with E-state index in [2.05, 4.69) is 5.10 Å². The lowest BCUT2D eigenvalue weighted by atomic mass is 10.1. The molecule has 5 nitrogen and oxygen atoms in total. The van der Waals surface area contributed by atoms with Crippen LogP contribution in [-0.2, 0) is 16.1 Å². The summed E-state index contributed by atoms with van der Waals surface area (Å²) in [7, 11) is 1.57. The average molecular weight is 234 g/mol. The van der Waals surface area contributed by atoms with E-state index in [9.17, 15) is 4.79 Å². The number of carbonyl (C=O) groups is 1. The van der Waals surface area contributed by atoms with Gasteiger partial charge in [-0.05, 0) is 25.1 Å². The molecule has 0 atom stereocenters. The van der Waals surface area contributed by atoms with Gasteiger partial charge in [0, 0.05) is 18.9 Å². The Morgan fingerprint density at radius 1 is 1.53 bits per heavy atom. The van der Waals surface area contributed by atoms with Gasteiger partial charge in [-0.15, -0.1) is 0 Å². The molecule has 0 N–H and O–H groups in total. The van der Waals surface area contributed by atoms with Gasteiger partial charge in [0.05, 0.1) is 17.8 Å². The number of pyridine rings is 1. The van der Waals surface area contributed by atoms with Crippen LogP contribution in [0.5, 0.6) is 0 Å². The molecule has 0 aliphatic rings. The third kappa shape index (κ3) is 2.51. The second-order valence-corrected chi connectivity index (χ2v) is 3.70. The van der Waals surface area contributed by atoms with E-state index in [0.717, 1.165) is 11.2 Å². The number of rotatable bonds is 5. The van der Waals surface area contributed by atoms with Gasteiger partial charge >= 0.3 is 0 Å². The van der Waals surface area contributed by atoms with Gasteiger partial charge in [0.1, 0.15) is 6.79 Å². The lowest BCUT2D eigenvalue weighted by Crippen LogP contribution is -1.98. The molecule has 0 spiro atoms. The first-order valence-corrected chi connectivity index (χ1v) is 5.27. The fraction of sp³-hybridized carbons (Fsp3) is 0.333. The number of carbonyl (C=O) groups excluding carboxylic acids is 1. The molecule has 2 rings (SSSR count). The number of aromatic nitrogens is 2. The first-order chi connectivity index (χ1) is 8.22. The van der Waals surface area contributed by atoms with Crippen molar-refractivity contribution in [3.05, 3.63) is 35.7 Å². The molecule has 0 unspecified atom stereocenters. The van der Waals surface area contributed by atoms with E-state index in [0.29, 0.717) is 12.2 Å². The number of fused-ring (bicyclic) bond motifs is 1. The van der Waals surface area contributed by atoms with Crippen molar-refractivity contribution in [1.82, 2.24) is 9.61 Å². The molecular formula is C12H14N2O3. The van der Waals surface area contributed by atoms with Gasteiger partial charge in [-0.2, -0.15) is 5.10 Å². The summed E-state index contributed by atoms with van der Waals surface area (Å²) in [4.78, 5) is 11.4. The lowest BCUT2D eigenvalue weighted by Gasteiger charge is -1.97. The van der Waals surface area contributed by atoms with Crippen LogP contribution in [0.2, 0.25) is 0 Å². The smallest absolute Gasteiger partial charge is 0.161 e. The highest BCUT2D eigenvalue weighted by Gasteiger charge is 2.08. The first-order valence-electron chi connectivity index (χ1n) is 5.27. The maximum absolute atomic E-state index is 11.4. The van der Waals surface area contributed by atoms with Gasteiger partial charge in [0.15, 0.2) is 5.78 Å². The van der Waals surface area contributed by atoms with E-state index in [1.165, 1.54) is 0 Å². The number of nitrogens with zero attached hydrogens (tertiary/aromatic N) is 2. The SMILES string of the molecule is COCOCc1cc2c(C(C)=O)cccn2n1. The zero-order valence-electron chi connectivity index (χ0n) is 9.84. The highest BCUT2D eigenvalue weighted by molar-refractivity contribution is 6.00. The molecule has 0 aliphatic heterocycles. The first kappa shape index (κ1) is 11.8. The van der Waals surface area contributed by atoms with E-state index in [-0.39, 0.29) is 12.6 Å². The van der Waals surface area contributed by atoms with E-state index in [1.807, 2.05) is 12.3 Å². The number of Topliss-reactive ketones (excluding diaryl/α,β-unsaturated/α-hetero) is 1. The Morgan fingerprint density at radius 2 is 2.35 bits per heavy atom. The largest absolute Gasteiger partial charge is 0.359 e. The molecule has 5 heteroatoms. The standard InChI is InChI=1S/C12H14N2O3/c1-9(15)11-4-3-5-14-12(11)6-10(13-14)7-17-8-16-2/h3-6H,7-8H2,1-2H3. The average Bonchev–Trinajstić information content (AvgIpc) is 2.71. The molecule has 0 saturated heterocycles. The highest BCUT2D eigenvalue weighted by atomic mass is 16.7. The highest BCUT2D eigenvalue weighted by Crippen LogP contribution is 2.13. The van der Waals surface area contributed by atoms with Crippen molar-refractivity contribution in [2.45, 2.75) is 13.5 Å². The van der Waals surface area contributed by atoms with Crippen molar-refractivity contribution >= 4 is 11.3 Å². The summed E-state index contributed by atoms with van der Waals surface area (Å²) >= 11 is 0. The van der Waals surface area contributed by atoms with E-state index >= 15 is 0 Å². The predicted octanol–water partition coefficient (Wildman–Crippen LogP) is 1.66. The van der Waals surface area contributed by atoms with Crippen molar-refractivity contribution in [1.29, 1.82) is 0 Å². The van der Waals surface area contributed by atoms with Crippen LogP contribution in [0.4, 0.5) is 0 Å². The number of methoxy groups -OCH3 is 1. The normalized spacial score (nSPS) is 10.9. The van der Waals surface area contributed by atoms with Gasteiger partial charge in [-0.25, -0.2) is 4.52 Å². The van der Waals surface area contributed by atoms with Crippen molar-refractivity contribution in [2.75, 3.05) is 13.9 Å². The summed E-state index contributed by atoms with van der Waals surface area (Å²) < 4.78 is 11.7. The minimum atomic E-state index is 0.0276. The number of ketones is 1. The molecule has 0 bridgehead atoms. The summed E-state index contributed by atoms with van der Waals surface area (Å²) in [5, 5.41) is 4.31. The molecular weight excluding hydrogens is 220 g/mol. The molecule has 0 saturated carbocycles. The van der Waals surface area contributed by atoms with Gasteiger partial charge in [-0.3, -0.25) is 4.79 Å². The second kappa shape index (κ2) is 5.07. The van der Waals surface area contributed by atoms with Crippen molar-refractivity contribution in [2.24, 2.45) is 0 Å². The van der Waals surface area contributed by atoms with Crippen LogP contribution in [0.15, 0.2) is 24.4 Å². The van der Waals surface area contributed by atoms with Crippen molar-refractivity contribution in [3.63, 3.8) is 0 Å². The molecule has 0 radical (unpaired) electrons. The van der Waals surface area contributed by atoms with Crippen LogP contribution >= 0.6 is 0 Å². The monoisotopic (exact) mass is 234 g/mol. The van der Waals surface area contributed by atoms with Gasteiger partial charge in [0.2, 0.25) is 0 Å². The third-order valence-corrected chi connectivity index (χ3v) is 2.38. The van der Waals surface area contributed by atoms with Crippen LogP contribution in [-0.4, -0.2) is 29.3 Å². The van der Waals surface area contributed by atoms with E-state index in [4.69, 9.17) is 9.47 Å². The molecule has 2 aromatic heterocycles. The summed E-state index contributed by atoms with van der Waals surface area (Å²) in [5.41, 5.74) is 2.24. The molecule has 90 valence electrons. The summed E-state index contributed by atoms with van der Waals surface area (Å²) in [5.74, 6) is 0.0276. The van der Waals surface area contributed by atoms with E-state index < -0.39 is 0 Å². The summed E-state index contributed by atoms with van der Waals surface area (Å²) in [6, 6.07) is 5.45. The van der Waals surface area contributed by atoms with Crippen molar-refractivity contribution < 1.29 is 14.3 Å². The summed E-state index contributed by atoms with van der Waals surface area (Å²) in [6.07, 6.45) is 1.81. The molecule has 0 aromatic carbocycles. The lowest BCUT2D eigenvalue weighted by molar-refractivity contribution is -0.0401.